The van der Waals surface area contributed by atoms with Crippen molar-refractivity contribution in [1.82, 2.24) is 0 Å². The van der Waals surface area contributed by atoms with E-state index in [1.807, 2.05) is 24.3 Å². The molecule has 0 heterocycles. The molecule has 0 unspecified atom stereocenters. The Morgan fingerprint density at radius 1 is 0.769 bits per heavy atom. The summed E-state index contributed by atoms with van der Waals surface area (Å²) in [6.45, 7) is 8.01. The topological polar surface area (TPSA) is 52.6 Å². The Morgan fingerprint density at radius 2 is 1.15 bits per heavy atom. The van der Waals surface area contributed by atoms with E-state index in [0.717, 1.165) is 36.8 Å². The minimum Gasteiger partial charge on any atom is -0.463 e. The fraction of sp³-hybridized carbons (Fsp3) is 0.273. The summed E-state index contributed by atoms with van der Waals surface area (Å²) in [5, 5.41) is 0. The second-order valence-electron chi connectivity index (χ2n) is 5.53. The molecule has 4 heteroatoms. The van der Waals surface area contributed by atoms with Gasteiger partial charge in [-0.15, -0.1) is 13.2 Å². The number of hydrogen-bond acceptors (Lipinski definition) is 4. The summed E-state index contributed by atoms with van der Waals surface area (Å²) in [4.78, 5) is 23.1. The van der Waals surface area contributed by atoms with E-state index in [2.05, 4.69) is 13.2 Å². The van der Waals surface area contributed by atoms with Gasteiger partial charge in [0.15, 0.2) is 0 Å². The van der Waals surface area contributed by atoms with Crippen molar-refractivity contribution in [1.29, 1.82) is 0 Å². The lowest BCUT2D eigenvalue weighted by Crippen LogP contribution is -2.01. The minimum absolute atomic E-state index is 0.364. The molecule has 0 saturated carbocycles. The summed E-state index contributed by atoms with van der Waals surface area (Å²) in [6.07, 6.45) is 13.0. The van der Waals surface area contributed by atoms with E-state index in [1.54, 1.807) is 24.3 Å². The Labute approximate surface area is 155 Å². The van der Waals surface area contributed by atoms with Crippen molar-refractivity contribution in [3.8, 4) is 0 Å². The monoisotopic (exact) mass is 354 g/mol. The molecule has 4 nitrogen and oxygen atoms in total. The van der Waals surface area contributed by atoms with Crippen molar-refractivity contribution in [3.63, 3.8) is 0 Å². The largest absolute Gasteiger partial charge is 0.463 e. The third-order valence-electron chi connectivity index (χ3n) is 3.35. The number of rotatable bonds is 12. The fourth-order valence-corrected chi connectivity index (χ4v) is 1.94. The molecule has 0 radical (unpaired) electrons. The van der Waals surface area contributed by atoms with Crippen molar-refractivity contribution in [2.45, 2.75) is 25.7 Å². The van der Waals surface area contributed by atoms with Crippen molar-refractivity contribution >= 4 is 24.1 Å². The molecule has 138 valence electrons. The Balaban J connectivity index is 2.40. The predicted molar refractivity (Wildman–Crippen MR) is 105 cm³/mol. The van der Waals surface area contributed by atoms with Crippen LogP contribution in [0.2, 0.25) is 0 Å². The van der Waals surface area contributed by atoms with Gasteiger partial charge in [0.2, 0.25) is 0 Å². The predicted octanol–water partition coefficient (Wildman–Crippen LogP) is 4.73. The minimum atomic E-state index is -0.364. The number of carbonyl (C=O) groups is 2. The summed E-state index contributed by atoms with van der Waals surface area (Å²) >= 11 is 0. The molecule has 0 spiro atoms. The lowest BCUT2D eigenvalue weighted by Gasteiger charge is -2.00. The molecule has 1 aromatic rings. The highest BCUT2D eigenvalue weighted by atomic mass is 16.5. The van der Waals surface area contributed by atoms with Gasteiger partial charge in [-0.05, 0) is 49.0 Å². The summed E-state index contributed by atoms with van der Waals surface area (Å²) < 4.78 is 10.1. The molecule has 26 heavy (non-hydrogen) atoms. The van der Waals surface area contributed by atoms with Crippen LogP contribution in [-0.4, -0.2) is 25.2 Å². The summed E-state index contributed by atoms with van der Waals surface area (Å²) in [5.74, 6) is -0.727. The second-order valence-corrected chi connectivity index (χ2v) is 5.53. The smallest absolute Gasteiger partial charge is 0.330 e. The average molecular weight is 354 g/mol. The Hall–Kier alpha value is -2.88. The highest BCUT2D eigenvalue weighted by Crippen LogP contribution is 2.08. The molecule has 0 amide bonds. The van der Waals surface area contributed by atoms with E-state index in [0.29, 0.717) is 13.2 Å². The zero-order valence-corrected chi connectivity index (χ0v) is 15.1. The van der Waals surface area contributed by atoms with Gasteiger partial charge in [-0.3, -0.25) is 0 Å². The maximum atomic E-state index is 11.5. The van der Waals surface area contributed by atoms with Crippen molar-refractivity contribution in [2.75, 3.05) is 13.2 Å². The van der Waals surface area contributed by atoms with E-state index in [4.69, 9.17) is 9.47 Å². The fourth-order valence-electron chi connectivity index (χ4n) is 1.94. The lowest BCUT2D eigenvalue weighted by molar-refractivity contribution is -0.138. The van der Waals surface area contributed by atoms with Crippen LogP contribution in [0.1, 0.15) is 36.8 Å². The molecule has 0 aromatic heterocycles. The first kappa shape index (κ1) is 21.2. The Morgan fingerprint density at radius 3 is 1.50 bits per heavy atom. The third-order valence-corrected chi connectivity index (χ3v) is 3.35. The van der Waals surface area contributed by atoms with E-state index in [1.165, 1.54) is 12.2 Å². The van der Waals surface area contributed by atoms with E-state index >= 15 is 0 Å². The molecule has 0 saturated heterocycles. The number of benzene rings is 1. The van der Waals surface area contributed by atoms with E-state index in [9.17, 15) is 9.59 Å². The molecule has 1 rings (SSSR count). The molecule has 0 fully saturated rings. The number of esters is 2. The Bertz CT molecular complexity index is 582. The zero-order chi connectivity index (χ0) is 19.0. The second kappa shape index (κ2) is 13.4. The molecule has 0 N–H and O–H groups in total. The van der Waals surface area contributed by atoms with Gasteiger partial charge in [0.1, 0.15) is 0 Å². The van der Waals surface area contributed by atoms with Gasteiger partial charge in [0, 0.05) is 12.2 Å². The molecular weight excluding hydrogens is 328 g/mol. The van der Waals surface area contributed by atoms with Crippen LogP contribution in [0.5, 0.6) is 0 Å². The average Bonchev–Trinajstić information content (AvgIpc) is 2.66. The molecule has 0 aliphatic heterocycles. The molecule has 0 bridgehead atoms. The van der Waals surface area contributed by atoms with E-state index in [-0.39, 0.29) is 11.9 Å². The van der Waals surface area contributed by atoms with Crippen molar-refractivity contribution in [3.05, 3.63) is 72.9 Å². The number of hydrogen-bond donors (Lipinski definition) is 0. The summed E-state index contributed by atoms with van der Waals surface area (Å²) in [6, 6.07) is 7.43. The molecule has 0 aliphatic carbocycles. The van der Waals surface area contributed by atoms with Crippen LogP contribution in [0.3, 0.4) is 0 Å². The first-order valence-corrected chi connectivity index (χ1v) is 8.67. The van der Waals surface area contributed by atoms with Gasteiger partial charge in [-0.25, -0.2) is 9.59 Å². The number of allylic oxidation sites excluding steroid dienone is 2. The van der Waals surface area contributed by atoms with Gasteiger partial charge in [0.25, 0.3) is 0 Å². The lowest BCUT2D eigenvalue weighted by atomic mass is 10.1. The first-order chi connectivity index (χ1) is 12.7. The Kier molecular flexibility index (Phi) is 10.9. The van der Waals surface area contributed by atoms with Crippen LogP contribution in [-0.2, 0) is 19.1 Å². The number of unbranched alkanes of at least 4 members (excludes halogenated alkanes) is 2. The standard InChI is InChI=1S/C22H26O4/c1-3-5-7-17-25-21(23)15-13-19-9-11-20(12-10-19)14-16-22(24)26-18-8-6-4-2/h3-4,9-16H,1-2,5-8,17-18H2/b15-13+,16-14+. The van der Waals surface area contributed by atoms with E-state index < -0.39 is 0 Å². The van der Waals surface area contributed by atoms with Crippen LogP contribution in [0.25, 0.3) is 12.2 Å². The maximum Gasteiger partial charge on any atom is 0.330 e. The quantitative estimate of drug-likeness (QED) is 0.236. The van der Waals surface area contributed by atoms with Crippen molar-refractivity contribution < 1.29 is 19.1 Å². The maximum absolute atomic E-state index is 11.5. The zero-order valence-electron chi connectivity index (χ0n) is 15.1. The third kappa shape index (κ3) is 10.1. The van der Waals surface area contributed by atoms with Crippen molar-refractivity contribution in [2.24, 2.45) is 0 Å². The molecule has 0 aliphatic rings. The van der Waals surface area contributed by atoms with Gasteiger partial charge < -0.3 is 9.47 Å². The van der Waals surface area contributed by atoms with Crippen LogP contribution in [0.4, 0.5) is 0 Å². The SMILES string of the molecule is C=CCCCOC(=O)/C=C/c1ccc(/C=C/C(=O)OCCCC=C)cc1. The summed E-state index contributed by atoms with van der Waals surface area (Å²) in [7, 11) is 0. The van der Waals surface area contributed by atoms with Crippen LogP contribution >= 0.6 is 0 Å². The normalized spacial score (nSPS) is 10.8. The summed E-state index contributed by atoms with van der Waals surface area (Å²) in [5.41, 5.74) is 1.74. The number of carbonyl (C=O) groups excluding carboxylic acids is 2. The van der Waals surface area contributed by atoms with Crippen LogP contribution < -0.4 is 0 Å². The molecule has 0 atom stereocenters. The van der Waals surface area contributed by atoms with Gasteiger partial charge >= 0.3 is 11.9 Å². The van der Waals surface area contributed by atoms with Gasteiger partial charge in [-0.1, -0.05) is 36.4 Å². The van der Waals surface area contributed by atoms with Crippen LogP contribution in [0, 0.1) is 0 Å². The molecule has 1 aromatic carbocycles. The highest BCUT2D eigenvalue weighted by Gasteiger charge is 1.98. The molecular formula is C22H26O4. The van der Waals surface area contributed by atoms with Gasteiger partial charge in [0.05, 0.1) is 13.2 Å². The van der Waals surface area contributed by atoms with Gasteiger partial charge in [-0.2, -0.15) is 0 Å². The number of ether oxygens (including phenoxy) is 2. The highest BCUT2D eigenvalue weighted by molar-refractivity contribution is 5.88. The van der Waals surface area contributed by atoms with Crippen LogP contribution in [0.15, 0.2) is 61.7 Å². The first-order valence-electron chi connectivity index (χ1n) is 8.67.